The van der Waals surface area contributed by atoms with Crippen LogP contribution in [0.2, 0.25) is 0 Å². The van der Waals surface area contributed by atoms with Crippen LogP contribution in [0.1, 0.15) is 45.3 Å². The summed E-state index contributed by atoms with van der Waals surface area (Å²) in [5.74, 6) is 1.37. The molecule has 2 rings (SSSR count). The number of rotatable bonds is 6. The smallest absolute Gasteiger partial charge is 0.241 e. The molecule has 1 heterocycles. The molecule has 0 aromatic heterocycles. The minimum absolute atomic E-state index is 0.0902. The second-order valence-corrected chi connectivity index (χ2v) is 5.71. The zero-order valence-corrected chi connectivity index (χ0v) is 13.4. The van der Waals surface area contributed by atoms with E-state index in [-0.39, 0.29) is 18.1 Å². The van der Waals surface area contributed by atoms with E-state index in [4.69, 9.17) is 4.74 Å². The fourth-order valence-corrected chi connectivity index (χ4v) is 2.91. The van der Waals surface area contributed by atoms with E-state index in [2.05, 4.69) is 26.1 Å². The highest BCUT2D eigenvalue weighted by molar-refractivity contribution is 5.85. The van der Waals surface area contributed by atoms with Gasteiger partial charge in [0, 0.05) is 12.1 Å². The lowest BCUT2D eigenvalue weighted by molar-refractivity contribution is -0.131. The van der Waals surface area contributed by atoms with E-state index < -0.39 is 0 Å². The van der Waals surface area contributed by atoms with Crippen molar-refractivity contribution in [1.82, 2.24) is 10.2 Å². The van der Waals surface area contributed by atoms with Crippen molar-refractivity contribution in [3.63, 3.8) is 0 Å². The summed E-state index contributed by atoms with van der Waals surface area (Å²) in [6, 6.07) is 7.82. The van der Waals surface area contributed by atoms with Crippen LogP contribution >= 0.6 is 0 Å². The maximum absolute atomic E-state index is 12.7. The van der Waals surface area contributed by atoms with Crippen LogP contribution in [0.15, 0.2) is 24.3 Å². The van der Waals surface area contributed by atoms with Crippen molar-refractivity contribution in [2.45, 2.75) is 45.8 Å². The highest BCUT2D eigenvalue weighted by Crippen LogP contribution is 2.33. The summed E-state index contributed by atoms with van der Waals surface area (Å²) in [5.41, 5.74) is 1.03. The zero-order valence-electron chi connectivity index (χ0n) is 13.4. The van der Waals surface area contributed by atoms with Gasteiger partial charge in [0.1, 0.15) is 11.9 Å². The van der Waals surface area contributed by atoms with Gasteiger partial charge in [0.15, 0.2) is 0 Å². The molecule has 1 aromatic rings. The molecule has 4 nitrogen and oxygen atoms in total. The van der Waals surface area contributed by atoms with Crippen molar-refractivity contribution in [2.24, 2.45) is 5.92 Å². The van der Waals surface area contributed by atoms with E-state index in [0.717, 1.165) is 30.7 Å². The van der Waals surface area contributed by atoms with Crippen molar-refractivity contribution in [2.75, 3.05) is 13.7 Å². The Bertz CT molecular complexity index is 489. The van der Waals surface area contributed by atoms with Gasteiger partial charge < -0.3 is 9.64 Å². The fourth-order valence-electron chi connectivity index (χ4n) is 2.91. The lowest BCUT2D eigenvalue weighted by atomic mass is 9.99. The topological polar surface area (TPSA) is 41.6 Å². The number of amides is 1. The van der Waals surface area contributed by atoms with Crippen molar-refractivity contribution in [3.8, 4) is 5.75 Å². The number of carbonyl (C=O) groups is 1. The summed E-state index contributed by atoms with van der Waals surface area (Å²) < 4.78 is 5.46. The third-order valence-electron chi connectivity index (χ3n) is 4.31. The van der Waals surface area contributed by atoms with E-state index in [1.54, 1.807) is 7.11 Å². The normalized spacial score (nSPS) is 23.4. The van der Waals surface area contributed by atoms with Gasteiger partial charge in [0.05, 0.1) is 13.2 Å². The fraction of sp³-hybridized carbons (Fsp3) is 0.588. The van der Waals surface area contributed by atoms with E-state index in [0.29, 0.717) is 5.92 Å². The van der Waals surface area contributed by atoms with Gasteiger partial charge in [-0.3, -0.25) is 10.1 Å². The third-order valence-corrected chi connectivity index (χ3v) is 4.31. The second kappa shape index (κ2) is 6.94. The summed E-state index contributed by atoms with van der Waals surface area (Å²) in [5, 5.41) is 3.51. The van der Waals surface area contributed by atoms with Gasteiger partial charge in [0.25, 0.3) is 0 Å². The molecule has 1 aromatic carbocycles. The third kappa shape index (κ3) is 3.05. The van der Waals surface area contributed by atoms with Crippen LogP contribution in [0.5, 0.6) is 5.75 Å². The Morgan fingerprint density at radius 1 is 1.33 bits per heavy atom. The Hall–Kier alpha value is -1.55. The monoisotopic (exact) mass is 290 g/mol. The first kappa shape index (κ1) is 15.8. The first-order chi connectivity index (χ1) is 10.1. The number of carbonyl (C=O) groups excluding carboxylic acids is 1. The molecule has 0 spiro atoms. The number of methoxy groups -OCH3 is 1. The lowest BCUT2D eigenvalue weighted by Gasteiger charge is -2.25. The maximum Gasteiger partial charge on any atom is 0.241 e. The highest BCUT2D eigenvalue weighted by Gasteiger charge is 2.41. The van der Waals surface area contributed by atoms with Crippen molar-refractivity contribution in [3.05, 3.63) is 29.8 Å². The molecule has 0 bridgehead atoms. The molecule has 116 valence electrons. The molecule has 21 heavy (non-hydrogen) atoms. The highest BCUT2D eigenvalue weighted by atomic mass is 16.5. The van der Waals surface area contributed by atoms with Gasteiger partial charge in [-0.05, 0) is 18.4 Å². The van der Waals surface area contributed by atoms with E-state index >= 15 is 0 Å². The first-order valence-electron chi connectivity index (χ1n) is 7.83. The quantitative estimate of drug-likeness (QED) is 0.876. The molecule has 1 N–H and O–H groups in total. The number of para-hydroxylation sites is 1. The van der Waals surface area contributed by atoms with Crippen molar-refractivity contribution < 1.29 is 9.53 Å². The van der Waals surface area contributed by atoms with E-state index in [1.165, 1.54) is 0 Å². The molecule has 1 aliphatic rings. The summed E-state index contributed by atoms with van der Waals surface area (Å²) >= 11 is 0. The molecule has 1 fully saturated rings. The van der Waals surface area contributed by atoms with E-state index in [1.807, 2.05) is 29.2 Å². The number of nitrogens with zero attached hydrogens (tertiary/aromatic N) is 1. The summed E-state index contributed by atoms with van der Waals surface area (Å²) in [4.78, 5) is 14.7. The van der Waals surface area contributed by atoms with Crippen LogP contribution in [0, 0.1) is 5.92 Å². The largest absolute Gasteiger partial charge is 0.496 e. The minimum atomic E-state index is -0.100. The first-order valence-corrected chi connectivity index (χ1v) is 7.83. The van der Waals surface area contributed by atoms with Crippen molar-refractivity contribution >= 4 is 5.91 Å². The minimum Gasteiger partial charge on any atom is -0.496 e. The SMILES string of the molecule is CCCN1C(=O)C(C(C)CC)NC1c1ccccc1OC. The Balaban J connectivity index is 2.34. The van der Waals surface area contributed by atoms with Gasteiger partial charge in [0.2, 0.25) is 5.91 Å². The van der Waals surface area contributed by atoms with Crippen LogP contribution in [0.3, 0.4) is 0 Å². The molecule has 0 aliphatic carbocycles. The molecule has 1 aliphatic heterocycles. The molecule has 1 saturated heterocycles. The van der Waals surface area contributed by atoms with Gasteiger partial charge >= 0.3 is 0 Å². The Morgan fingerprint density at radius 3 is 2.67 bits per heavy atom. The Kier molecular flexibility index (Phi) is 5.23. The molecule has 3 unspecified atom stereocenters. The summed E-state index contributed by atoms with van der Waals surface area (Å²) in [6.07, 6.45) is 1.85. The predicted octanol–water partition coefficient (Wildman–Crippen LogP) is 2.95. The molecule has 0 saturated carbocycles. The molecule has 0 radical (unpaired) electrons. The van der Waals surface area contributed by atoms with Crippen LogP contribution in [0.4, 0.5) is 0 Å². The van der Waals surface area contributed by atoms with E-state index in [9.17, 15) is 4.79 Å². The zero-order chi connectivity index (χ0) is 15.4. The number of ether oxygens (including phenoxy) is 1. The van der Waals surface area contributed by atoms with Crippen LogP contribution < -0.4 is 10.1 Å². The molecule has 4 heteroatoms. The van der Waals surface area contributed by atoms with Gasteiger partial charge in [-0.1, -0.05) is 45.4 Å². The number of hydrogen-bond acceptors (Lipinski definition) is 3. The second-order valence-electron chi connectivity index (χ2n) is 5.71. The average Bonchev–Trinajstić information content (AvgIpc) is 2.84. The molecular weight excluding hydrogens is 264 g/mol. The Morgan fingerprint density at radius 2 is 2.05 bits per heavy atom. The van der Waals surface area contributed by atoms with Crippen LogP contribution in [0.25, 0.3) is 0 Å². The predicted molar refractivity (Wildman–Crippen MR) is 84.1 cm³/mol. The van der Waals surface area contributed by atoms with Crippen LogP contribution in [-0.4, -0.2) is 30.5 Å². The number of hydrogen-bond donors (Lipinski definition) is 1. The molecular formula is C17H26N2O2. The lowest BCUT2D eigenvalue weighted by Crippen LogP contribution is -2.35. The standard InChI is InChI=1S/C17H26N2O2/c1-5-11-19-16(13-9-7-8-10-14(13)21-4)18-15(17(19)20)12(3)6-2/h7-10,12,15-16,18H,5-6,11H2,1-4H3. The average molecular weight is 290 g/mol. The van der Waals surface area contributed by atoms with Gasteiger partial charge in [-0.15, -0.1) is 0 Å². The summed E-state index contributed by atoms with van der Waals surface area (Å²) in [6.45, 7) is 7.12. The van der Waals surface area contributed by atoms with Gasteiger partial charge in [-0.2, -0.15) is 0 Å². The number of benzene rings is 1. The molecule has 3 atom stereocenters. The maximum atomic E-state index is 12.7. The van der Waals surface area contributed by atoms with Crippen molar-refractivity contribution in [1.29, 1.82) is 0 Å². The van der Waals surface area contributed by atoms with Crippen LogP contribution in [-0.2, 0) is 4.79 Å². The number of nitrogens with one attached hydrogen (secondary N) is 1. The van der Waals surface area contributed by atoms with Gasteiger partial charge in [-0.25, -0.2) is 0 Å². The molecule has 1 amide bonds. The summed E-state index contributed by atoms with van der Waals surface area (Å²) in [7, 11) is 1.67. The Labute approximate surface area is 127 Å².